The van der Waals surface area contributed by atoms with Crippen molar-refractivity contribution >= 4 is 0 Å². The van der Waals surface area contributed by atoms with E-state index in [1.54, 1.807) is 19.5 Å². The summed E-state index contributed by atoms with van der Waals surface area (Å²) in [7, 11) is 1.78. The lowest BCUT2D eigenvalue weighted by Gasteiger charge is -2.23. The Hall–Kier alpha value is -1.91. The van der Waals surface area contributed by atoms with Crippen LogP contribution in [0.25, 0.3) is 0 Å². The summed E-state index contributed by atoms with van der Waals surface area (Å²) in [5.74, 6) is 0.848. The molecule has 116 valence electrons. The van der Waals surface area contributed by atoms with Crippen LogP contribution in [0.4, 0.5) is 0 Å². The van der Waals surface area contributed by atoms with E-state index in [1.165, 1.54) is 5.56 Å². The number of methoxy groups -OCH3 is 1. The Morgan fingerprint density at radius 3 is 2.82 bits per heavy atom. The van der Waals surface area contributed by atoms with Crippen molar-refractivity contribution in [2.24, 2.45) is 0 Å². The monoisotopic (exact) mass is 298 g/mol. The summed E-state index contributed by atoms with van der Waals surface area (Å²) in [6.07, 6.45) is 4.91. The van der Waals surface area contributed by atoms with Gasteiger partial charge in [-0.05, 0) is 24.1 Å². The maximum atomic E-state index is 5.98. The highest BCUT2D eigenvalue weighted by atomic mass is 16.5. The molecule has 22 heavy (non-hydrogen) atoms. The number of rotatable bonds is 6. The number of aromatic nitrogens is 1. The smallest absolute Gasteiger partial charge is 0.138 e. The van der Waals surface area contributed by atoms with E-state index in [2.05, 4.69) is 34.1 Å². The minimum absolute atomic E-state index is 0.110. The van der Waals surface area contributed by atoms with Gasteiger partial charge in [-0.15, -0.1) is 0 Å². The molecular weight excluding hydrogens is 276 g/mol. The highest BCUT2D eigenvalue weighted by molar-refractivity contribution is 5.18. The Balaban J connectivity index is 1.54. The van der Waals surface area contributed by atoms with E-state index in [0.29, 0.717) is 0 Å². The molecule has 2 heterocycles. The Morgan fingerprint density at radius 1 is 1.23 bits per heavy atom. The third-order valence-corrected chi connectivity index (χ3v) is 4.05. The number of hydrogen-bond donors (Lipinski definition) is 0. The summed E-state index contributed by atoms with van der Waals surface area (Å²) in [4.78, 5) is 6.49. The first-order valence-electron chi connectivity index (χ1n) is 7.72. The van der Waals surface area contributed by atoms with E-state index >= 15 is 0 Å². The van der Waals surface area contributed by atoms with Crippen molar-refractivity contribution in [1.29, 1.82) is 0 Å². The summed E-state index contributed by atoms with van der Waals surface area (Å²) in [5.41, 5.74) is 1.22. The quantitative estimate of drug-likeness (QED) is 0.821. The third-order valence-electron chi connectivity index (χ3n) is 4.05. The van der Waals surface area contributed by atoms with Gasteiger partial charge in [0, 0.05) is 32.9 Å². The average Bonchev–Trinajstić information content (AvgIpc) is 3.01. The van der Waals surface area contributed by atoms with Crippen LogP contribution in [0, 0.1) is 0 Å². The van der Waals surface area contributed by atoms with Gasteiger partial charge in [0.1, 0.15) is 11.9 Å². The molecule has 1 fully saturated rings. The lowest BCUT2D eigenvalue weighted by Crippen LogP contribution is -2.29. The molecule has 2 aromatic rings. The number of hydrogen-bond acceptors (Lipinski definition) is 4. The Kier molecular flexibility index (Phi) is 5.03. The van der Waals surface area contributed by atoms with Crippen LogP contribution in [0.1, 0.15) is 18.1 Å². The van der Waals surface area contributed by atoms with Crippen molar-refractivity contribution < 1.29 is 9.47 Å². The summed E-state index contributed by atoms with van der Waals surface area (Å²) in [5, 5.41) is 0. The van der Waals surface area contributed by atoms with Gasteiger partial charge in [0.15, 0.2) is 0 Å². The highest BCUT2D eigenvalue weighted by Crippen LogP contribution is 2.22. The lowest BCUT2D eigenvalue weighted by molar-refractivity contribution is 0.0673. The fourth-order valence-corrected chi connectivity index (χ4v) is 2.89. The first kappa shape index (κ1) is 15.0. The Labute approximate surface area is 131 Å². The van der Waals surface area contributed by atoms with E-state index in [-0.39, 0.29) is 12.2 Å². The summed E-state index contributed by atoms with van der Waals surface area (Å²) in [6, 6.07) is 14.2. The Morgan fingerprint density at radius 2 is 2.09 bits per heavy atom. The molecule has 2 unspecified atom stereocenters. The van der Waals surface area contributed by atoms with Crippen molar-refractivity contribution in [3.63, 3.8) is 0 Å². The second kappa shape index (κ2) is 7.38. The lowest BCUT2D eigenvalue weighted by atomic mass is 10.1. The van der Waals surface area contributed by atoms with E-state index in [9.17, 15) is 0 Å². The maximum absolute atomic E-state index is 5.98. The van der Waals surface area contributed by atoms with Crippen LogP contribution in [0.2, 0.25) is 0 Å². The van der Waals surface area contributed by atoms with Gasteiger partial charge in [-0.2, -0.15) is 0 Å². The van der Waals surface area contributed by atoms with Crippen molar-refractivity contribution in [2.45, 2.75) is 18.6 Å². The number of pyridine rings is 1. The van der Waals surface area contributed by atoms with Crippen molar-refractivity contribution in [3.8, 4) is 5.75 Å². The molecule has 0 saturated carbocycles. The predicted molar refractivity (Wildman–Crippen MR) is 85.9 cm³/mol. The van der Waals surface area contributed by atoms with Crippen molar-refractivity contribution in [2.75, 3.05) is 26.7 Å². The van der Waals surface area contributed by atoms with Crippen LogP contribution >= 0.6 is 0 Å². The van der Waals surface area contributed by atoms with E-state index in [0.717, 1.165) is 31.8 Å². The van der Waals surface area contributed by atoms with Gasteiger partial charge >= 0.3 is 0 Å². The first-order chi connectivity index (χ1) is 10.8. The summed E-state index contributed by atoms with van der Waals surface area (Å²) in [6.45, 7) is 2.87. The van der Waals surface area contributed by atoms with Gasteiger partial charge in [-0.1, -0.05) is 30.3 Å². The zero-order valence-corrected chi connectivity index (χ0v) is 12.9. The molecule has 3 rings (SSSR count). The second-order valence-electron chi connectivity index (χ2n) is 5.61. The molecule has 1 aromatic carbocycles. The van der Waals surface area contributed by atoms with E-state index < -0.39 is 0 Å². The molecule has 1 aliphatic heterocycles. The zero-order chi connectivity index (χ0) is 15.2. The molecule has 0 amide bonds. The van der Waals surface area contributed by atoms with Gasteiger partial charge in [0.25, 0.3) is 0 Å². The standard InChI is InChI=1S/C18H22N2O2/c1-21-18(15-6-3-2-4-7-15)14-20-11-9-17(13-20)22-16-8-5-10-19-12-16/h2-8,10,12,17-18H,9,11,13-14H2,1H3. The minimum Gasteiger partial charge on any atom is -0.487 e. The molecule has 0 aliphatic carbocycles. The van der Waals surface area contributed by atoms with Crippen molar-refractivity contribution in [1.82, 2.24) is 9.88 Å². The van der Waals surface area contributed by atoms with Crippen LogP contribution in [0.3, 0.4) is 0 Å². The Bertz CT molecular complexity index is 562. The van der Waals surface area contributed by atoms with Gasteiger partial charge < -0.3 is 9.47 Å². The first-order valence-corrected chi connectivity index (χ1v) is 7.72. The van der Waals surface area contributed by atoms with Gasteiger partial charge in [-0.25, -0.2) is 0 Å². The van der Waals surface area contributed by atoms with Crippen LogP contribution in [0.5, 0.6) is 5.75 Å². The van der Waals surface area contributed by atoms with Crippen molar-refractivity contribution in [3.05, 3.63) is 60.4 Å². The number of ether oxygens (including phenoxy) is 2. The highest BCUT2D eigenvalue weighted by Gasteiger charge is 2.26. The molecule has 1 aliphatic rings. The maximum Gasteiger partial charge on any atom is 0.138 e. The van der Waals surface area contributed by atoms with Crippen LogP contribution < -0.4 is 4.74 Å². The molecule has 4 nitrogen and oxygen atoms in total. The molecule has 0 N–H and O–H groups in total. The zero-order valence-electron chi connectivity index (χ0n) is 12.9. The minimum atomic E-state index is 0.110. The molecule has 0 bridgehead atoms. The van der Waals surface area contributed by atoms with Gasteiger partial charge in [0.2, 0.25) is 0 Å². The van der Waals surface area contributed by atoms with Crippen LogP contribution in [0.15, 0.2) is 54.9 Å². The summed E-state index contributed by atoms with van der Waals surface area (Å²) >= 11 is 0. The normalized spacial score (nSPS) is 20.0. The second-order valence-corrected chi connectivity index (χ2v) is 5.61. The third kappa shape index (κ3) is 3.84. The predicted octanol–water partition coefficient (Wildman–Crippen LogP) is 2.92. The number of nitrogens with zero attached hydrogens (tertiary/aromatic N) is 2. The molecular formula is C18H22N2O2. The average molecular weight is 298 g/mol. The topological polar surface area (TPSA) is 34.6 Å². The largest absolute Gasteiger partial charge is 0.487 e. The van der Waals surface area contributed by atoms with Gasteiger partial charge in [-0.3, -0.25) is 9.88 Å². The fourth-order valence-electron chi connectivity index (χ4n) is 2.89. The molecule has 0 radical (unpaired) electrons. The number of benzene rings is 1. The van der Waals surface area contributed by atoms with E-state index in [4.69, 9.17) is 9.47 Å². The molecule has 2 atom stereocenters. The molecule has 4 heteroatoms. The van der Waals surface area contributed by atoms with Gasteiger partial charge in [0.05, 0.1) is 12.3 Å². The van der Waals surface area contributed by atoms with E-state index in [1.807, 2.05) is 18.2 Å². The summed E-state index contributed by atoms with van der Waals surface area (Å²) < 4.78 is 11.6. The number of likely N-dealkylation sites (tertiary alicyclic amines) is 1. The van der Waals surface area contributed by atoms with Crippen LogP contribution in [-0.4, -0.2) is 42.7 Å². The molecule has 0 spiro atoms. The fraction of sp³-hybridized carbons (Fsp3) is 0.389. The SMILES string of the molecule is COC(CN1CCC(Oc2cccnc2)C1)c1ccccc1. The van der Waals surface area contributed by atoms with Crippen LogP contribution in [-0.2, 0) is 4.74 Å². The molecule has 1 saturated heterocycles. The molecule has 1 aromatic heterocycles.